The Balaban J connectivity index is 1.54. The molecule has 8 heteroatoms. The van der Waals surface area contributed by atoms with Crippen LogP contribution in [0.3, 0.4) is 0 Å². The predicted molar refractivity (Wildman–Crippen MR) is 147 cm³/mol. The van der Waals surface area contributed by atoms with Crippen LogP contribution < -0.4 is 19.8 Å². The summed E-state index contributed by atoms with van der Waals surface area (Å²) < 4.78 is 11.1. The maximum atomic E-state index is 11.8. The molecule has 7 nitrogen and oxygen atoms in total. The van der Waals surface area contributed by atoms with Crippen LogP contribution in [0.2, 0.25) is 0 Å². The van der Waals surface area contributed by atoms with E-state index in [4.69, 9.17) is 14.5 Å². The number of anilines is 1. The van der Waals surface area contributed by atoms with Crippen molar-refractivity contribution in [1.29, 1.82) is 0 Å². The molecular formula is C28H34N4O3S. The fourth-order valence-electron chi connectivity index (χ4n) is 5.37. The number of nitrogens with zero attached hydrogens (tertiary/aromatic N) is 3. The summed E-state index contributed by atoms with van der Waals surface area (Å²) in [5.74, 6) is 2.43. The lowest BCUT2D eigenvalue weighted by atomic mass is 9.95. The van der Waals surface area contributed by atoms with Gasteiger partial charge in [-0.1, -0.05) is 37.6 Å². The van der Waals surface area contributed by atoms with Crippen molar-refractivity contribution < 1.29 is 14.3 Å². The third-order valence-electron chi connectivity index (χ3n) is 7.21. The molecule has 3 aliphatic rings. The Kier molecular flexibility index (Phi) is 7.51. The molecule has 5 rings (SSSR count). The molecule has 1 atom stereocenters. The van der Waals surface area contributed by atoms with Gasteiger partial charge >= 0.3 is 0 Å². The molecule has 0 aromatic heterocycles. The number of aliphatic imine (C=N–C) groups is 1. The van der Waals surface area contributed by atoms with Crippen LogP contribution in [-0.2, 0) is 6.42 Å². The number of hydrazone groups is 1. The normalized spacial score (nSPS) is 20.6. The highest BCUT2D eigenvalue weighted by Gasteiger charge is 2.28. The summed E-state index contributed by atoms with van der Waals surface area (Å²) in [4.78, 5) is 19.5. The second-order valence-electron chi connectivity index (χ2n) is 9.47. The summed E-state index contributed by atoms with van der Waals surface area (Å²) in [7, 11) is 3.33. The van der Waals surface area contributed by atoms with Crippen LogP contribution in [0.25, 0.3) is 0 Å². The first-order valence-corrected chi connectivity index (χ1v) is 13.7. The van der Waals surface area contributed by atoms with Gasteiger partial charge in [-0.05, 0) is 73.6 Å². The van der Waals surface area contributed by atoms with Gasteiger partial charge in [0.2, 0.25) is 0 Å². The number of aryl methyl sites for hydroxylation is 1. The zero-order valence-electron chi connectivity index (χ0n) is 21.3. The maximum Gasteiger partial charge on any atom is 0.299 e. The van der Waals surface area contributed by atoms with Gasteiger partial charge in [-0.3, -0.25) is 9.79 Å². The highest BCUT2D eigenvalue weighted by molar-refractivity contribution is 8.14. The third kappa shape index (κ3) is 4.96. The van der Waals surface area contributed by atoms with Crippen LogP contribution in [0.4, 0.5) is 10.5 Å². The molecule has 1 saturated carbocycles. The van der Waals surface area contributed by atoms with Crippen molar-refractivity contribution >= 4 is 34.2 Å². The summed E-state index contributed by atoms with van der Waals surface area (Å²) in [5, 5.41) is 4.41. The van der Waals surface area contributed by atoms with Gasteiger partial charge in [-0.2, -0.15) is 5.10 Å². The van der Waals surface area contributed by atoms with E-state index in [9.17, 15) is 4.79 Å². The molecule has 0 bridgehead atoms. The standard InChI is InChI=1S/C28H34N4O3S/c1-4-25-26(30-31-28(33)36-25)19-11-13-22-18(16-19)8-7-15-32(22)27(29-21-9-5-6-10-21)20-12-14-23(34-2)24(17-20)35-3/h11-14,16-17,21,25H,4-10,15H2,1-3H3,(H,31,33)/b29-27-. The molecule has 2 aromatic rings. The molecule has 1 amide bonds. The van der Waals surface area contributed by atoms with E-state index in [-0.39, 0.29) is 10.5 Å². The summed E-state index contributed by atoms with van der Waals surface area (Å²) in [6.45, 7) is 3.01. The molecule has 2 heterocycles. The van der Waals surface area contributed by atoms with Gasteiger partial charge in [0.05, 0.1) is 31.2 Å². The molecule has 36 heavy (non-hydrogen) atoms. The number of hydrogen-bond donors (Lipinski definition) is 1. The number of hydrogen-bond acceptors (Lipinski definition) is 6. The lowest BCUT2D eigenvalue weighted by molar-refractivity contribution is 0.260. The number of carbonyl (C=O) groups excluding carboxylic acids is 1. The van der Waals surface area contributed by atoms with Crippen LogP contribution in [0.1, 0.15) is 62.1 Å². The Bertz CT molecular complexity index is 1190. The van der Waals surface area contributed by atoms with E-state index in [0.717, 1.165) is 61.3 Å². The van der Waals surface area contributed by atoms with E-state index in [1.807, 2.05) is 12.1 Å². The SMILES string of the molecule is CCC1SC(=O)NN=C1c1ccc2c(c1)CCCN2/C(=N\C1CCCC1)c1ccc(OC)c(OC)c1. The number of amides is 1. The Hall–Kier alpha value is -3.00. The molecule has 0 radical (unpaired) electrons. The highest BCUT2D eigenvalue weighted by Crippen LogP contribution is 2.35. The molecule has 0 spiro atoms. The maximum absolute atomic E-state index is 11.8. The van der Waals surface area contributed by atoms with Crippen LogP contribution >= 0.6 is 11.8 Å². The van der Waals surface area contributed by atoms with Gasteiger partial charge in [0.15, 0.2) is 11.5 Å². The predicted octanol–water partition coefficient (Wildman–Crippen LogP) is 5.78. The number of amidine groups is 1. The zero-order valence-corrected chi connectivity index (χ0v) is 22.1. The van der Waals surface area contributed by atoms with Gasteiger partial charge in [0.25, 0.3) is 5.24 Å². The number of rotatable bonds is 6. The van der Waals surface area contributed by atoms with Crippen LogP contribution in [0.5, 0.6) is 11.5 Å². The van der Waals surface area contributed by atoms with Crippen molar-refractivity contribution in [1.82, 2.24) is 5.43 Å². The van der Waals surface area contributed by atoms with E-state index < -0.39 is 0 Å². The average Bonchev–Trinajstić information content (AvgIpc) is 3.44. The topological polar surface area (TPSA) is 75.5 Å². The molecule has 0 saturated heterocycles. The zero-order chi connectivity index (χ0) is 25.1. The van der Waals surface area contributed by atoms with Crippen molar-refractivity contribution in [2.24, 2.45) is 10.1 Å². The molecule has 1 N–H and O–H groups in total. The first kappa shape index (κ1) is 24.7. The van der Waals surface area contributed by atoms with Crippen molar-refractivity contribution in [3.63, 3.8) is 0 Å². The molecular weight excluding hydrogens is 472 g/mol. The first-order valence-electron chi connectivity index (χ1n) is 12.9. The van der Waals surface area contributed by atoms with Gasteiger partial charge in [-0.25, -0.2) is 5.43 Å². The quantitative estimate of drug-likeness (QED) is 0.397. The summed E-state index contributed by atoms with van der Waals surface area (Å²) >= 11 is 1.32. The van der Waals surface area contributed by atoms with Crippen molar-refractivity contribution in [3.8, 4) is 11.5 Å². The third-order valence-corrected chi connectivity index (χ3v) is 8.36. The number of ether oxygens (including phenoxy) is 2. The fraction of sp³-hybridized carbons (Fsp3) is 0.464. The fourth-order valence-corrected chi connectivity index (χ4v) is 6.20. The molecule has 1 unspecified atom stereocenters. The number of benzene rings is 2. The monoisotopic (exact) mass is 506 g/mol. The van der Waals surface area contributed by atoms with Crippen LogP contribution in [0.15, 0.2) is 46.5 Å². The Morgan fingerprint density at radius 2 is 1.92 bits per heavy atom. The van der Waals surface area contributed by atoms with Gasteiger partial charge < -0.3 is 14.4 Å². The molecule has 1 fully saturated rings. The Morgan fingerprint density at radius 1 is 1.11 bits per heavy atom. The van der Waals surface area contributed by atoms with E-state index in [0.29, 0.717) is 17.5 Å². The summed E-state index contributed by atoms with van der Waals surface area (Å²) in [6.07, 6.45) is 7.66. The van der Waals surface area contributed by atoms with Gasteiger partial charge in [-0.15, -0.1) is 0 Å². The second kappa shape index (κ2) is 10.9. The Morgan fingerprint density at radius 3 is 2.67 bits per heavy atom. The average molecular weight is 507 g/mol. The van der Waals surface area contributed by atoms with Crippen LogP contribution in [0, 0.1) is 0 Å². The summed E-state index contributed by atoms with van der Waals surface area (Å²) in [5.41, 5.74) is 8.19. The number of nitrogens with one attached hydrogen (secondary N) is 1. The number of methoxy groups -OCH3 is 2. The number of thioether (sulfide) groups is 1. The van der Waals surface area contributed by atoms with Crippen LogP contribution in [-0.4, -0.2) is 48.8 Å². The van der Waals surface area contributed by atoms with Crippen molar-refractivity contribution in [2.45, 2.75) is 63.2 Å². The minimum Gasteiger partial charge on any atom is -0.493 e. The summed E-state index contributed by atoms with van der Waals surface area (Å²) in [6, 6.07) is 13.0. The van der Waals surface area contributed by atoms with E-state index in [1.54, 1.807) is 14.2 Å². The molecule has 2 aromatic carbocycles. The first-order chi connectivity index (χ1) is 17.6. The smallest absolute Gasteiger partial charge is 0.299 e. The van der Waals surface area contributed by atoms with Crippen molar-refractivity contribution in [3.05, 3.63) is 53.1 Å². The van der Waals surface area contributed by atoms with E-state index in [1.165, 1.54) is 35.9 Å². The second-order valence-corrected chi connectivity index (χ2v) is 10.6. The van der Waals surface area contributed by atoms with Gasteiger partial charge in [0.1, 0.15) is 5.84 Å². The van der Waals surface area contributed by atoms with E-state index >= 15 is 0 Å². The molecule has 190 valence electrons. The largest absolute Gasteiger partial charge is 0.493 e. The van der Waals surface area contributed by atoms with E-state index in [2.05, 4.69) is 46.6 Å². The van der Waals surface area contributed by atoms with Gasteiger partial charge in [0, 0.05) is 17.8 Å². The lowest BCUT2D eigenvalue weighted by Crippen LogP contribution is -2.37. The number of carbonyl (C=O) groups is 1. The minimum atomic E-state index is -0.0857. The minimum absolute atomic E-state index is 0.0720. The highest BCUT2D eigenvalue weighted by atomic mass is 32.2. The molecule has 2 aliphatic heterocycles. The molecule has 1 aliphatic carbocycles. The number of fused-ring (bicyclic) bond motifs is 1. The van der Waals surface area contributed by atoms with Crippen molar-refractivity contribution in [2.75, 3.05) is 25.7 Å². The lowest BCUT2D eigenvalue weighted by Gasteiger charge is -2.34. The Labute approximate surface area is 217 Å².